The number of thioether (sulfide) groups is 1. The molecule has 0 spiro atoms. The molecule has 1 amide bonds. The SMILES string of the molecule is CSc1nnc(CNC(=O)/C=C/c2cccc(F)c2)n1-c1ccccc1C. The molecule has 0 saturated carbocycles. The molecule has 0 aliphatic heterocycles. The zero-order chi connectivity index (χ0) is 19.2. The van der Waals surface area contributed by atoms with Gasteiger partial charge in [-0.05, 0) is 48.6 Å². The van der Waals surface area contributed by atoms with E-state index in [0.29, 0.717) is 11.4 Å². The average molecular weight is 382 g/mol. The minimum Gasteiger partial charge on any atom is -0.345 e. The molecule has 0 atom stereocenters. The summed E-state index contributed by atoms with van der Waals surface area (Å²) in [5.41, 5.74) is 2.69. The van der Waals surface area contributed by atoms with Crippen molar-refractivity contribution in [3.8, 4) is 5.69 Å². The number of benzene rings is 2. The molecule has 0 aliphatic carbocycles. The number of carbonyl (C=O) groups is 1. The van der Waals surface area contributed by atoms with Gasteiger partial charge in [0.2, 0.25) is 5.91 Å². The molecule has 0 radical (unpaired) electrons. The van der Waals surface area contributed by atoms with Crippen molar-refractivity contribution in [1.29, 1.82) is 0 Å². The number of para-hydroxylation sites is 1. The molecule has 3 rings (SSSR count). The first kappa shape index (κ1) is 18.8. The van der Waals surface area contributed by atoms with E-state index in [-0.39, 0.29) is 18.3 Å². The van der Waals surface area contributed by atoms with Gasteiger partial charge < -0.3 is 5.32 Å². The van der Waals surface area contributed by atoms with Crippen molar-refractivity contribution in [2.24, 2.45) is 0 Å². The van der Waals surface area contributed by atoms with Crippen LogP contribution >= 0.6 is 11.8 Å². The fourth-order valence-corrected chi connectivity index (χ4v) is 3.12. The van der Waals surface area contributed by atoms with Crippen LogP contribution in [-0.2, 0) is 11.3 Å². The third-order valence-electron chi connectivity index (χ3n) is 3.94. The standard InChI is InChI=1S/C20H19FN4OS/c1-14-6-3-4-9-17(14)25-18(23-24-20(25)27-2)13-22-19(26)11-10-15-7-5-8-16(21)12-15/h3-12H,13H2,1-2H3,(H,22,26)/b11-10+. The maximum atomic E-state index is 13.2. The van der Waals surface area contributed by atoms with Crippen molar-refractivity contribution in [2.45, 2.75) is 18.6 Å². The van der Waals surface area contributed by atoms with Gasteiger partial charge in [-0.15, -0.1) is 10.2 Å². The van der Waals surface area contributed by atoms with E-state index in [9.17, 15) is 9.18 Å². The number of carbonyl (C=O) groups excluding carboxylic acids is 1. The third kappa shape index (κ3) is 4.62. The first-order chi connectivity index (χ1) is 13.1. The van der Waals surface area contributed by atoms with Gasteiger partial charge in [0.1, 0.15) is 5.82 Å². The number of nitrogens with one attached hydrogen (secondary N) is 1. The lowest BCUT2D eigenvalue weighted by atomic mass is 10.2. The average Bonchev–Trinajstić information content (AvgIpc) is 3.08. The second-order valence-corrected chi connectivity index (χ2v) is 6.60. The highest BCUT2D eigenvalue weighted by molar-refractivity contribution is 7.98. The van der Waals surface area contributed by atoms with Crippen molar-refractivity contribution >= 4 is 23.7 Å². The number of rotatable bonds is 6. The fourth-order valence-electron chi connectivity index (χ4n) is 2.61. The topological polar surface area (TPSA) is 59.8 Å². The van der Waals surface area contributed by atoms with Crippen LogP contribution in [0.5, 0.6) is 0 Å². The van der Waals surface area contributed by atoms with Crippen molar-refractivity contribution in [3.05, 3.63) is 77.4 Å². The molecule has 0 saturated heterocycles. The van der Waals surface area contributed by atoms with E-state index in [1.54, 1.807) is 18.2 Å². The first-order valence-corrected chi connectivity index (χ1v) is 9.56. The van der Waals surface area contributed by atoms with Gasteiger partial charge >= 0.3 is 0 Å². The van der Waals surface area contributed by atoms with E-state index in [0.717, 1.165) is 16.4 Å². The highest BCUT2D eigenvalue weighted by Crippen LogP contribution is 2.22. The normalized spacial score (nSPS) is 11.1. The second-order valence-electron chi connectivity index (χ2n) is 5.83. The minimum atomic E-state index is -0.339. The highest BCUT2D eigenvalue weighted by Gasteiger charge is 2.15. The molecular weight excluding hydrogens is 363 g/mol. The van der Waals surface area contributed by atoms with Crippen LogP contribution in [0, 0.1) is 12.7 Å². The zero-order valence-corrected chi connectivity index (χ0v) is 15.8. The predicted octanol–water partition coefficient (Wildman–Crippen LogP) is 3.77. The maximum absolute atomic E-state index is 13.2. The van der Waals surface area contributed by atoms with Gasteiger partial charge in [-0.25, -0.2) is 4.39 Å². The lowest BCUT2D eigenvalue weighted by Gasteiger charge is -2.12. The summed E-state index contributed by atoms with van der Waals surface area (Å²) in [4.78, 5) is 12.1. The molecule has 27 heavy (non-hydrogen) atoms. The Bertz CT molecular complexity index is 984. The number of nitrogens with zero attached hydrogens (tertiary/aromatic N) is 3. The van der Waals surface area contributed by atoms with Crippen LogP contribution < -0.4 is 5.32 Å². The summed E-state index contributed by atoms with van der Waals surface area (Å²) in [7, 11) is 0. The van der Waals surface area contributed by atoms with Crippen LogP contribution in [0.25, 0.3) is 11.8 Å². The van der Waals surface area contributed by atoms with Crippen molar-refractivity contribution < 1.29 is 9.18 Å². The maximum Gasteiger partial charge on any atom is 0.244 e. The van der Waals surface area contributed by atoms with Crippen LogP contribution in [-0.4, -0.2) is 26.9 Å². The van der Waals surface area contributed by atoms with E-state index in [4.69, 9.17) is 0 Å². The fraction of sp³-hybridized carbons (Fsp3) is 0.150. The second kappa shape index (κ2) is 8.64. The van der Waals surface area contributed by atoms with Gasteiger partial charge in [-0.2, -0.15) is 0 Å². The van der Waals surface area contributed by atoms with Crippen LogP contribution in [0.2, 0.25) is 0 Å². The summed E-state index contributed by atoms with van der Waals surface area (Å²) in [6.45, 7) is 2.25. The molecular formula is C20H19FN4OS. The molecule has 3 aromatic rings. The minimum absolute atomic E-state index is 0.230. The Hall–Kier alpha value is -2.93. The van der Waals surface area contributed by atoms with E-state index < -0.39 is 0 Å². The Balaban J connectivity index is 1.74. The van der Waals surface area contributed by atoms with Gasteiger partial charge in [0.15, 0.2) is 11.0 Å². The van der Waals surface area contributed by atoms with E-state index in [1.165, 1.54) is 30.0 Å². The number of hydrogen-bond donors (Lipinski definition) is 1. The highest BCUT2D eigenvalue weighted by atomic mass is 32.2. The summed E-state index contributed by atoms with van der Waals surface area (Å²) < 4.78 is 15.1. The number of halogens is 1. The quantitative estimate of drug-likeness (QED) is 0.521. The molecule has 0 aliphatic rings. The Morgan fingerprint density at radius 2 is 2.04 bits per heavy atom. The summed E-state index contributed by atoms with van der Waals surface area (Å²) in [5, 5.41) is 12.0. The summed E-state index contributed by atoms with van der Waals surface area (Å²) >= 11 is 1.49. The third-order valence-corrected chi connectivity index (χ3v) is 4.57. The van der Waals surface area contributed by atoms with E-state index in [2.05, 4.69) is 15.5 Å². The van der Waals surface area contributed by atoms with Gasteiger partial charge in [-0.1, -0.05) is 42.1 Å². The van der Waals surface area contributed by atoms with Crippen molar-refractivity contribution in [1.82, 2.24) is 20.1 Å². The van der Waals surface area contributed by atoms with Crippen molar-refractivity contribution in [2.75, 3.05) is 6.26 Å². The van der Waals surface area contributed by atoms with Crippen LogP contribution in [0.15, 0.2) is 59.8 Å². The molecule has 1 heterocycles. The first-order valence-electron chi connectivity index (χ1n) is 8.34. The van der Waals surface area contributed by atoms with Gasteiger partial charge in [0.25, 0.3) is 0 Å². The van der Waals surface area contributed by atoms with Crippen LogP contribution in [0.4, 0.5) is 4.39 Å². The Labute approximate surface area is 161 Å². The van der Waals surface area contributed by atoms with Gasteiger partial charge in [-0.3, -0.25) is 9.36 Å². The summed E-state index contributed by atoms with van der Waals surface area (Å²) in [5.74, 6) is 0.0129. The smallest absolute Gasteiger partial charge is 0.244 e. The lowest BCUT2D eigenvalue weighted by Crippen LogP contribution is -2.22. The number of aryl methyl sites for hydroxylation is 1. The lowest BCUT2D eigenvalue weighted by molar-refractivity contribution is -0.116. The van der Waals surface area contributed by atoms with E-state index in [1.807, 2.05) is 42.0 Å². The molecule has 138 valence electrons. The summed E-state index contributed by atoms with van der Waals surface area (Å²) in [6.07, 6.45) is 4.87. The molecule has 0 unspecified atom stereocenters. The monoisotopic (exact) mass is 382 g/mol. The Morgan fingerprint density at radius 1 is 1.22 bits per heavy atom. The van der Waals surface area contributed by atoms with Crippen molar-refractivity contribution in [3.63, 3.8) is 0 Å². The number of aromatic nitrogens is 3. The molecule has 5 nitrogen and oxygen atoms in total. The molecule has 1 N–H and O–H groups in total. The molecule has 1 aromatic heterocycles. The van der Waals surface area contributed by atoms with Crippen LogP contribution in [0.3, 0.4) is 0 Å². The molecule has 7 heteroatoms. The summed E-state index contributed by atoms with van der Waals surface area (Å²) in [6, 6.07) is 14.0. The van der Waals surface area contributed by atoms with E-state index >= 15 is 0 Å². The number of amides is 1. The van der Waals surface area contributed by atoms with Gasteiger partial charge in [0.05, 0.1) is 12.2 Å². The predicted molar refractivity (Wildman–Crippen MR) is 105 cm³/mol. The molecule has 2 aromatic carbocycles. The molecule has 0 fully saturated rings. The van der Waals surface area contributed by atoms with Crippen LogP contribution in [0.1, 0.15) is 17.0 Å². The number of hydrogen-bond acceptors (Lipinski definition) is 4. The Kier molecular flexibility index (Phi) is 6.03. The Morgan fingerprint density at radius 3 is 2.78 bits per heavy atom. The zero-order valence-electron chi connectivity index (χ0n) is 15.0. The van der Waals surface area contributed by atoms with Gasteiger partial charge in [0, 0.05) is 6.08 Å². The molecule has 0 bridgehead atoms. The largest absolute Gasteiger partial charge is 0.345 e.